The molecule has 0 aliphatic carbocycles. The van der Waals surface area contributed by atoms with Gasteiger partial charge in [-0.2, -0.15) is 0 Å². The van der Waals surface area contributed by atoms with E-state index in [9.17, 15) is 4.79 Å². The normalized spacial score (nSPS) is 10.0. The van der Waals surface area contributed by atoms with Crippen LogP contribution in [0.3, 0.4) is 0 Å². The zero-order valence-corrected chi connectivity index (χ0v) is 9.83. The Morgan fingerprint density at radius 2 is 2.12 bits per heavy atom. The van der Waals surface area contributed by atoms with E-state index in [0.717, 1.165) is 10.5 Å². The number of carbonyl (C=O) groups is 1. The zero-order valence-electron chi connectivity index (χ0n) is 9.08. The number of anilines is 1. The minimum absolute atomic E-state index is 0.403. The molecule has 0 N–H and O–H groups in total. The van der Waals surface area contributed by atoms with Gasteiger partial charge < -0.3 is 0 Å². The van der Waals surface area contributed by atoms with Gasteiger partial charge in [-0.15, -0.1) is 5.10 Å². The Morgan fingerprint density at radius 3 is 2.71 bits per heavy atom. The van der Waals surface area contributed by atoms with E-state index in [0.29, 0.717) is 5.02 Å². The average Bonchev–Trinajstić information content (AvgIpc) is 2.75. The number of para-hydroxylation sites is 1. The highest BCUT2D eigenvalue weighted by Gasteiger charge is 2.13. The molecule has 1 heterocycles. The number of hydrogen-bond acceptors (Lipinski definition) is 3. The van der Waals surface area contributed by atoms with E-state index >= 15 is 0 Å². The van der Waals surface area contributed by atoms with Crippen molar-refractivity contribution in [1.82, 2.24) is 9.94 Å². The number of amides is 1. The summed E-state index contributed by atoms with van der Waals surface area (Å²) < 4.78 is 0. The van der Waals surface area contributed by atoms with Crippen LogP contribution in [0, 0.1) is 0 Å². The van der Waals surface area contributed by atoms with Crippen molar-refractivity contribution in [2.75, 3.05) is 11.9 Å². The van der Waals surface area contributed by atoms with Gasteiger partial charge in [0.2, 0.25) is 0 Å². The number of carbonyl (C=O) groups excluding carboxylic acids is 1. The number of halogens is 1. The topological polar surface area (TPSA) is 47.4 Å². The lowest BCUT2D eigenvalue weighted by atomic mass is 10.3. The van der Waals surface area contributed by atoms with E-state index in [4.69, 9.17) is 16.4 Å². The second-order valence-electron chi connectivity index (χ2n) is 3.31. The molecule has 0 saturated carbocycles. The fraction of sp³-hybridized carbons (Fsp3) is 0.0909. The lowest BCUT2D eigenvalue weighted by Crippen LogP contribution is -2.34. The molecule has 0 unspecified atom stereocenters. The maximum absolute atomic E-state index is 11.7. The van der Waals surface area contributed by atoms with Gasteiger partial charge in [-0.1, -0.05) is 34.6 Å². The Kier molecular flexibility index (Phi) is 3.30. The number of benzene rings is 1. The monoisotopic (exact) mass is 251 g/mol. The Labute approximate surface area is 103 Å². The van der Waals surface area contributed by atoms with Crippen LogP contribution in [0.5, 0.6) is 0 Å². The van der Waals surface area contributed by atoms with Crippen LogP contribution < -0.4 is 9.74 Å². The molecule has 1 amide bonds. The van der Waals surface area contributed by atoms with E-state index in [-0.39, 0.29) is 0 Å². The Balaban J connectivity index is 2.06. The van der Waals surface area contributed by atoms with Gasteiger partial charge in [0, 0.05) is 12.7 Å². The summed E-state index contributed by atoms with van der Waals surface area (Å²) in [6.07, 6.45) is 2.24. The molecule has 1 aromatic carbocycles. The summed E-state index contributed by atoms with van der Waals surface area (Å²) >= 11 is 5.65. The van der Waals surface area contributed by atoms with Crippen LogP contribution in [-0.4, -0.2) is 23.1 Å². The lowest BCUT2D eigenvalue weighted by molar-refractivity contribution is 0.124. The highest BCUT2D eigenvalue weighted by atomic mass is 35.5. The average molecular weight is 252 g/mol. The summed E-state index contributed by atoms with van der Waals surface area (Å²) in [5.74, 6) is 0. The van der Waals surface area contributed by atoms with Crippen molar-refractivity contribution in [3.63, 3.8) is 0 Å². The molecule has 5 nitrogen and oxygen atoms in total. The molecule has 0 radical (unpaired) electrons. The summed E-state index contributed by atoms with van der Waals surface area (Å²) in [5, 5.41) is 4.15. The molecule has 1 aromatic heterocycles. The first-order valence-electron chi connectivity index (χ1n) is 4.88. The minimum atomic E-state index is -0.545. The van der Waals surface area contributed by atoms with Gasteiger partial charge in [-0.25, -0.2) is 4.79 Å². The third-order valence-corrected chi connectivity index (χ3v) is 2.31. The Bertz CT molecular complexity index is 512. The number of aromatic nitrogens is 2. The van der Waals surface area contributed by atoms with Crippen molar-refractivity contribution in [3.05, 3.63) is 47.7 Å². The third kappa shape index (κ3) is 2.76. The first-order valence-corrected chi connectivity index (χ1v) is 5.26. The summed E-state index contributed by atoms with van der Waals surface area (Å²) in [5.41, 5.74) is 0.732. The maximum Gasteiger partial charge on any atom is 0.440 e. The molecule has 6 heteroatoms. The van der Waals surface area contributed by atoms with E-state index < -0.39 is 6.09 Å². The van der Waals surface area contributed by atoms with Crippen molar-refractivity contribution in [2.45, 2.75) is 0 Å². The highest BCUT2D eigenvalue weighted by Crippen LogP contribution is 2.11. The predicted octanol–water partition coefficient (Wildman–Crippen LogP) is 2.22. The maximum atomic E-state index is 11.7. The van der Waals surface area contributed by atoms with Gasteiger partial charge in [0.25, 0.3) is 0 Å². The minimum Gasteiger partial charge on any atom is -0.299 e. The van der Waals surface area contributed by atoms with Gasteiger partial charge in [0.05, 0.1) is 17.4 Å². The summed E-state index contributed by atoms with van der Waals surface area (Å²) in [6, 6.07) is 9.15. The first-order chi connectivity index (χ1) is 8.16. The molecule has 0 bridgehead atoms. The first kappa shape index (κ1) is 11.5. The Hall–Kier alpha value is -2.01. The van der Waals surface area contributed by atoms with Crippen LogP contribution in [0.1, 0.15) is 0 Å². The molecule has 2 aromatic rings. The van der Waals surface area contributed by atoms with Crippen molar-refractivity contribution < 1.29 is 9.63 Å². The second kappa shape index (κ2) is 4.88. The molecular formula is C11H10ClN3O2. The van der Waals surface area contributed by atoms with E-state index in [2.05, 4.69) is 5.10 Å². The highest BCUT2D eigenvalue weighted by molar-refractivity contribution is 6.30. The number of nitrogens with zero attached hydrogens (tertiary/aromatic N) is 3. The molecule has 0 atom stereocenters. The van der Waals surface area contributed by atoms with E-state index in [1.165, 1.54) is 17.3 Å². The molecular weight excluding hydrogens is 242 g/mol. The van der Waals surface area contributed by atoms with Crippen LogP contribution in [0.4, 0.5) is 10.5 Å². The largest absolute Gasteiger partial charge is 0.440 e. The van der Waals surface area contributed by atoms with Crippen molar-refractivity contribution in [3.8, 4) is 0 Å². The van der Waals surface area contributed by atoms with Crippen molar-refractivity contribution >= 4 is 23.4 Å². The van der Waals surface area contributed by atoms with Gasteiger partial charge in [0.15, 0.2) is 0 Å². The molecule has 2 rings (SSSR count). The Morgan fingerprint density at radius 1 is 1.41 bits per heavy atom. The standard InChI is InChI=1S/C11H10ClN3O2/c1-14(10-5-3-2-4-6-10)11(16)17-15-8-9(12)7-13-15/h2-8H,1H3. The summed E-state index contributed by atoms with van der Waals surface area (Å²) in [6.45, 7) is 0. The zero-order chi connectivity index (χ0) is 12.3. The van der Waals surface area contributed by atoms with Crippen molar-refractivity contribution in [2.24, 2.45) is 0 Å². The van der Waals surface area contributed by atoms with Crippen LogP contribution in [-0.2, 0) is 0 Å². The fourth-order valence-corrected chi connectivity index (χ4v) is 1.36. The smallest absolute Gasteiger partial charge is 0.299 e. The summed E-state index contributed by atoms with van der Waals surface area (Å²) in [4.78, 5) is 19.1. The lowest BCUT2D eigenvalue weighted by Gasteiger charge is -2.15. The van der Waals surface area contributed by atoms with Crippen LogP contribution in [0.15, 0.2) is 42.7 Å². The molecule has 0 fully saturated rings. The van der Waals surface area contributed by atoms with Gasteiger partial charge in [0.1, 0.15) is 0 Å². The van der Waals surface area contributed by atoms with Gasteiger partial charge >= 0.3 is 6.09 Å². The van der Waals surface area contributed by atoms with Crippen molar-refractivity contribution in [1.29, 1.82) is 0 Å². The van der Waals surface area contributed by atoms with Crippen LogP contribution in [0.25, 0.3) is 0 Å². The number of hydrogen-bond donors (Lipinski definition) is 0. The predicted molar refractivity (Wildman–Crippen MR) is 64.1 cm³/mol. The molecule has 88 valence electrons. The SMILES string of the molecule is CN(C(=O)On1cc(Cl)cn1)c1ccccc1. The molecule has 0 aliphatic rings. The van der Waals surface area contributed by atoms with E-state index in [1.54, 1.807) is 19.2 Å². The number of rotatable bonds is 2. The fourth-order valence-electron chi connectivity index (χ4n) is 1.23. The van der Waals surface area contributed by atoms with Gasteiger partial charge in [-0.3, -0.25) is 9.74 Å². The molecule has 0 aliphatic heterocycles. The third-order valence-electron chi connectivity index (χ3n) is 2.12. The molecule has 17 heavy (non-hydrogen) atoms. The molecule has 0 saturated heterocycles. The summed E-state index contributed by atoms with van der Waals surface area (Å²) in [7, 11) is 1.61. The van der Waals surface area contributed by atoms with E-state index in [1.807, 2.05) is 18.2 Å². The quantitative estimate of drug-likeness (QED) is 0.822. The van der Waals surface area contributed by atoms with Crippen LogP contribution in [0.2, 0.25) is 5.02 Å². The van der Waals surface area contributed by atoms with Crippen LogP contribution >= 0.6 is 11.6 Å². The molecule has 0 spiro atoms. The second-order valence-corrected chi connectivity index (χ2v) is 3.75. The van der Waals surface area contributed by atoms with Gasteiger partial charge in [-0.05, 0) is 12.1 Å².